The van der Waals surface area contributed by atoms with Gasteiger partial charge in [0.1, 0.15) is 0 Å². The van der Waals surface area contributed by atoms with Crippen molar-refractivity contribution in [3.05, 3.63) is 71.9 Å². The molecule has 0 aromatic heterocycles. The third-order valence-corrected chi connectivity index (χ3v) is 1.88. The number of rotatable bonds is 0. The van der Waals surface area contributed by atoms with Crippen molar-refractivity contribution in [1.29, 1.82) is 0 Å². The first-order valence-electron chi connectivity index (χ1n) is 4.72. The molecular weight excluding hydrogens is 204 g/mol. The molecule has 3 nitrogen and oxygen atoms in total. The normalized spacial score (nSPS) is 16.0. The van der Waals surface area contributed by atoms with E-state index < -0.39 is 6.16 Å². The maximum atomic E-state index is 8.56. The Kier molecular flexibility index (Phi) is 4.60. The molecular formula is C13H12O3. The molecule has 0 heterocycles. The van der Waals surface area contributed by atoms with Crippen molar-refractivity contribution in [2.24, 2.45) is 0 Å². The standard InChI is InChI=1S/C12H10.CH2O3/c1-3-7-11-9-5-2-6-10-12(11)8-4-1;2-1(3)4/h1-10H;(H2,2,3,4). The molecule has 2 aliphatic rings. The number of hydrogen-bond acceptors (Lipinski definition) is 1. The van der Waals surface area contributed by atoms with Crippen molar-refractivity contribution in [3.63, 3.8) is 0 Å². The lowest BCUT2D eigenvalue weighted by Gasteiger charge is -1.98. The van der Waals surface area contributed by atoms with E-state index in [2.05, 4.69) is 48.6 Å². The second-order valence-electron chi connectivity index (χ2n) is 3.01. The second kappa shape index (κ2) is 6.24. The van der Waals surface area contributed by atoms with Crippen molar-refractivity contribution in [2.45, 2.75) is 0 Å². The molecule has 16 heavy (non-hydrogen) atoms. The maximum absolute atomic E-state index is 8.56. The largest absolute Gasteiger partial charge is 0.503 e. The average molecular weight is 216 g/mol. The van der Waals surface area contributed by atoms with Crippen molar-refractivity contribution in [3.8, 4) is 0 Å². The number of carboxylic acid groups (broad SMARTS) is 2. The van der Waals surface area contributed by atoms with E-state index in [-0.39, 0.29) is 0 Å². The number of hydrogen-bond donors (Lipinski definition) is 2. The van der Waals surface area contributed by atoms with E-state index in [0.717, 1.165) is 0 Å². The molecule has 82 valence electrons. The van der Waals surface area contributed by atoms with E-state index in [9.17, 15) is 0 Å². The maximum Gasteiger partial charge on any atom is 0.503 e. The van der Waals surface area contributed by atoms with E-state index in [1.165, 1.54) is 11.1 Å². The minimum Gasteiger partial charge on any atom is -0.450 e. The Morgan fingerprint density at radius 2 is 1.12 bits per heavy atom. The van der Waals surface area contributed by atoms with Gasteiger partial charge in [0, 0.05) is 0 Å². The van der Waals surface area contributed by atoms with Gasteiger partial charge in [0.2, 0.25) is 0 Å². The van der Waals surface area contributed by atoms with E-state index in [1.807, 2.05) is 12.2 Å². The van der Waals surface area contributed by atoms with Crippen molar-refractivity contribution >= 4 is 6.16 Å². The Morgan fingerprint density at radius 1 is 0.750 bits per heavy atom. The molecule has 2 N–H and O–H groups in total. The molecule has 0 fully saturated rings. The van der Waals surface area contributed by atoms with Crippen LogP contribution in [0.5, 0.6) is 0 Å². The minimum absolute atomic E-state index is 1.27. The topological polar surface area (TPSA) is 57.5 Å². The second-order valence-corrected chi connectivity index (χ2v) is 3.01. The number of allylic oxidation sites excluding steroid dienone is 12. The highest BCUT2D eigenvalue weighted by Crippen LogP contribution is 2.18. The fourth-order valence-corrected chi connectivity index (χ4v) is 1.26. The van der Waals surface area contributed by atoms with Gasteiger partial charge in [0.25, 0.3) is 0 Å². The Bertz CT molecular complexity index is 392. The van der Waals surface area contributed by atoms with E-state index in [4.69, 9.17) is 15.0 Å². The van der Waals surface area contributed by atoms with Crippen LogP contribution in [0.25, 0.3) is 0 Å². The van der Waals surface area contributed by atoms with Crippen LogP contribution >= 0.6 is 0 Å². The fraction of sp³-hybridized carbons (Fsp3) is 0. The van der Waals surface area contributed by atoms with Gasteiger partial charge in [-0.3, -0.25) is 0 Å². The Morgan fingerprint density at radius 3 is 1.50 bits per heavy atom. The first kappa shape index (κ1) is 11.8. The molecule has 0 aliphatic heterocycles. The average Bonchev–Trinajstić information content (AvgIpc) is 2.51. The third-order valence-electron chi connectivity index (χ3n) is 1.88. The Hall–Kier alpha value is -2.29. The third kappa shape index (κ3) is 4.28. The smallest absolute Gasteiger partial charge is 0.450 e. The van der Waals surface area contributed by atoms with Crippen LogP contribution in [0.3, 0.4) is 0 Å². The Labute approximate surface area is 93.7 Å². The summed E-state index contributed by atoms with van der Waals surface area (Å²) in [7, 11) is 0. The molecule has 0 saturated carbocycles. The van der Waals surface area contributed by atoms with Crippen LogP contribution in [-0.2, 0) is 0 Å². The summed E-state index contributed by atoms with van der Waals surface area (Å²) in [5.74, 6) is 0. The molecule has 2 aliphatic carbocycles. The SMILES string of the molecule is C1=CC=C2C=CC=CC=C2C=C1.O=C(O)O. The van der Waals surface area contributed by atoms with Crippen LogP contribution in [0.4, 0.5) is 4.79 Å². The molecule has 3 heteroatoms. The summed E-state index contributed by atoms with van der Waals surface area (Å²) in [6.07, 6.45) is 19.0. The quantitative estimate of drug-likeness (QED) is 0.653. The number of fused-ring (bicyclic) bond motifs is 1. The van der Waals surface area contributed by atoms with Crippen LogP contribution < -0.4 is 0 Å². The predicted octanol–water partition coefficient (Wildman–Crippen LogP) is 3.31. The van der Waals surface area contributed by atoms with Gasteiger partial charge in [-0.15, -0.1) is 0 Å². The highest BCUT2D eigenvalue weighted by molar-refractivity contribution is 5.54. The highest BCUT2D eigenvalue weighted by atomic mass is 16.6. The molecule has 0 aromatic carbocycles. The van der Waals surface area contributed by atoms with Gasteiger partial charge in [0.15, 0.2) is 0 Å². The molecule has 0 saturated heterocycles. The molecule has 0 atom stereocenters. The summed E-state index contributed by atoms with van der Waals surface area (Å²) in [6.45, 7) is 0. The van der Waals surface area contributed by atoms with E-state index in [0.29, 0.717) is 0 Å². The van der Waals surface area contributed by atoms with E-state index >= 15 is 0 Å². The zero-order chi connectivity index (χ0) is 11.8. The molecule has 2 rings (SSSR count). The first-order valence-corrected chi connectivity index (χ1v) is 4.72. The number of carbonyl (C=O) groups is 1. The van der Waals surface area contributed by atoms with Crippen molar-refractivity contribution < 1.29 is 15.0 Å². The van der Waals surface area contributed by atoms with Gasteiger partial charge in [-0.2, -0.15) is 0 Å². The molecule has 0 aromatic rings. The lowest BCUT2D eigenvalue weighted by Crippen LogP contribution is -1.81. The summed E-state index contributed by atoms with van der Waals surface area (Å²) < 4.78 is 0. The molecule has 0 radical (unpaired) electrons. The van der Waals surface area contributed by atoms with Gasteiger partial charge in [0.05, 0.1) is 0 Å². The van der Waals surface area contributed by atoms with Gasteiger partial charge in [-0.25, -0.2) is 4.79 Å². The monoisotopic (exact) mass is 216 g/mol. The lowest BCUT2D eigenvalue weighted by atomic mass is 10.1. The summed E-state index contributed by atoms with van der Waals surface area (Å²) >= 11 is 0. The zero-order valence-electron chi connectivity index (χ0n) is 8.58. The van der Waals surface area contributed by atoms with Crippen molar-refractivity contribution in [1.82, 2.24) is 0 Å². The zero-order valence-corrected chi connectivity index (χ0v) is 8.58. The van der Waals surface area contributed by atoms with Crippen molar-refractivity contribution in [2.75, 3.05) is 0 Å². The molecule has 0 amide bonds. The molecule has 0 unspecified atom stereocenters. The van der Waals surface area contributed by atoms with Crippen LogP contribution in [0.15, 0.2) is 71.9 Å². The highest BCUT2D eigenvalue weighted by Gasteiger charge is 1.98. The summed E-state index contributed by atoms with van der Waals surface area (Å²) in [6, 6.07) is 0. The minimum atomic E-state index is -1.83. The van der Waals surface area contributed by atoms with E-state index in [1.54, 1.807) is 0 Å². The fourth-order valence-electron chi connectivity index (χ4n) is 1.26. The van der Waals surface area contributed by atoms with Gasteiger partial charge in [-0.05, 0) is 11.1 Å². The predicted molar refractivity (Wildman–Crippen MR) is 63.4 cm³/mol. The first-order chi connectivity index (χ1) is 7.70. The summed E-state index contributed by atoms with van der Waals surface area (Å²) in [4.78, 5) is 8.56. The van der Waals surface area contributed by atoms with Crippen LogP contribution in [0.1, 0.15) is 0 Å². The summed E-state index contributed by atoms with van der Waals surface area (Å²) in [5, 5.41) is 13.9. The van der Waals surface area contributed by atoms with Gasteiger partial charge in [-0.1, -0.05) is 60.8 Å². The van der Waals surface area contributed by atoms with Gasteiger partial charge >= 0.3 is 6.16 Å². The summed E-state index contributed by atoms with van der Waals surface area (Å²) in [5.41, 5.74) is 2.54. The van der Waals surface area contributed by atoms with Gasteiger partial charge < -0.3 is 10.2 Å². The Balaban J connectivity index is 0.000000280. The lowest BCUT2D eigenvalue weighted by molar-refractivity contribution is 0.137. The van der Waals surface area contributed by atoms with Crippen LogP contribution in [-0.4, -0.2) is 16.4 Å². The van der Waals surface area contributed by atoms with Crippen LogP contribution in [0, 0.1) is 0 Å². The van der Waals surface area contributed by atoms with Crippen LogP contribution in [0.2, 0.25) is 0 Å². The molecule has 0 spiro atoms. The molecule has 0 bridgehead atoms.